The molecule has 8 heteroatoms. The molecule has 0 spiro atoms. The minimum atomic E-state index is -3.00. The predicted octanol–water partition coefficient (Wildman–Crippen LogP) is 4.46. The van der Waals surface area contributed by atoms with E-state index in [4.69, 9.17) is 4.74 Å². The molecule has 0 saturated heterocycles. The zero-order chi connectivity index (χ0) is 20.4. The standard InChI is InChI=1S/C21H17F2N3O3/c1-28-17-7-6-13(12-18(17)29-21(22)23)19-25-16-5-3-2-4-15(16)20(27)26(19)14-8-10-24-11-9-14/h2-12,19,21,25H,1H3/t19-/m1/s1. The largest absolute Gasteiger partial charge is 0.493 e. The maximum absolute atomic E-state index is 13.3. The number of aromatic nitrogens is 1. The highest BCUT2D eigenvalue weighted by atomic mass is 19.3. The molecular formula is C21H17F2N3O3. The first kappa shape index (κ1) is 18.7. The van der Waals surface area contributed by atoms with Gasteiger partial charge in [0.05, 0.1) is 12.7 Å². The van der Waals surface area contributed by atoms with Gasteiger partial charge in [0.15, 0.2) is 11.5 Å². The number of carbonyl (C=O) groups excluding carboxylic acids is 1. The van der Waals surface area contributed by atoms with Crippen molar-refractivity contribution in [3.05, 3.63) is 78.1 Å². The fourth-order valence-electron chi connectivity index (χ4n) is 3.31. The monoisotopic (exact) mass is 397 g/mol. The second kappa shape index (κ2) is 7.75. The molecule has 0 unspecified atom stereocenters. The van der Waals surface area contributed by atoms with Crippen molar-refractivity contribution in [1.29, 1.82) is 0 Å². The Balaban J connectivity index is 1.83. The van der Waals surface area contributed by atoms with Crippen molar-refractivity contribution >= 4 is 17.3 Å². The summed E-state index contributed by atoms with van der Waals surface area (Å²) in [6, 6.07) is 15.2. The Bertz CT molecular complexity index is 1030. The highest BCUT2D eigenvalue weighted by Gasteiger charge is 2.34. The molecule has 148 valence electrons. The molecule has 0 bridgehead atoms. The van der Waals surface area contributed by atoms with Crippen molar-refractivity contribution in [1.82, 2.24) is 4.98 Å². The highest BCUT2D eigenvalue weighted by molar-refractivity contribution is 6.12. The molecular weight excluding hydrogens is 380 g/mol. The molecule has 0 fully saturated rings. The van der Waals surface area contributed by atoms with Crippen LogP contribution < -0.4 is 19.7 Å². The fraction of sp³-hybridized carbons (Fsp3) is 0.143. The molecule has 29 heavy (non-hydrogen) atoms. The van der Waals surface area contributed by atoms with E-state index in [1.165, 1.54) is 19.2 Å². The third-order valence-corrected chi connectivity index (χ3v) is 4.59. The molecule has 1 N–H and O–H groups in total. The van der Waals surface area contributed by atoms with E-state index in [0.29, 0.717) is 22.5 Å². The van der Waals surface area contributed by atoms with Crippen molar-refractivity contribution in [2.24, 2.45) is 0 Å². The van der Waals surface area contributed by atoms with Crippen LogP contribution in [-0.4, -0.2) is 24.6 Å². The van der Waals surface area contributed by atoms with Gasteiger partial charge in [-0.25, -0.2) is 0 Å². The zero-order valence-electron chi connectivity index (χ0n) is 15.4. The SMILES string of the molecule is COc1ccc([C@@H]2Nc3ccccc3C(=O)N2c2ccncc2)cc1OC(F)F. The number of anilines is 2. The Kier molecular flexibility index (Phi) is 4.99. The van der Waals surface area contributed by atoms with Gasteiger partial charge in [-0.2, -0.15) is 8.78 Å². The molecule has 1 amide bonds. The maximum atomic E-state index is 13.3. The Morgan fingerprint density at radius 1 is 1.07 bits per heavy atom. The van der Waals surface area contributed by atoms with Gasteiger partial charge in [0, 0.05) is 23.8 Å². The van der Waals surface area contributed by atoms with Crippen molar-refractivity contribution in [2.75, 3.05) is 17.3 Å². The summed E-state index contributed by atoms with van der Waals surface area (Å²) in [6.07, 6.45) is 2.52. The number of methoxy groups -OCH3 is 1. The lowest BCUT2D eigenvalue weighted by molar-refractivity contribution is -0.0512. The second-order valence-electron chi connectivity index (χ2n) is 6.26. The molecule has 0 radical (unpaired) electrons. The topological polar surface area (TPSA) is 63.7 Å². The van der Waals surface area contributed by atoms with Crippen LogP contribution in [0.2, 0.25) is 0 Å². The first-order valence-electron chi connectivity index (χ1n) is 8.80. The van der Waals surface area contributed by atoms with E-state index in [1.807, 2.05) is 6.07 Å². The number of carbonyl (C=O) groups is 1. The first-order valence-corrected chi connectivity index (χ1v) is 8.80. The smallest absolute Gasteiger partial charge is 0.387 e. The van der Waals surface area contributed by atoms with Crippen molar-refractivity contribution in [3.8, 4) is 11.5 Å². The van der Waals surface area contributed by atoms with E-state index in [9.17, 15) is 13.6 Å². The average Bonchev–Trinajstić information content (AvgIpc) is 2.74. The molecule has 3 aromatic rings. The van der Waals surface area contributed by atoms with Gasteiger partial charge in [0.2, 0.25) is 0 Å². The number of nitrogens with one attached hydrogen (secondary N) is 1. The van der Waals surface area contributed by atoms with Crippen molar-refractivity contribution in [2.45, 2.75) is 12.8 Å². The summed E-state index contributed by atoms with van der Waals surface area (Å²) in [7, 11) is 1.37. The Labute approximate surface area is 165 Å². The van der Waals surface area contributed by atoms with Crippen LogP contribution >= 0.6 is 0 Å². The summed E-state index contributed by atoms with van der Waals surface area (Å²) >= 11 is 0. The van der Waals surface area contributed by atoms with Gasteiger partial charge >= 0.3 is 6.61 Å². The number of para-hydroxylation sites is 1. The van der Waals surface area contributed by atoms with Crippen LogP contribution in [0.25, 0.3) is 0 Å². The summed E-state index contributed by atoms with van der Waals surface area (Å²) in [5.74, 6) is -0.155. The number of halogens is 2. The zero-order valence-corrected chi connectivity index (χ0v) is 15.4. The van der Waals surface area contributed by atoms with Gasteiger partial charge in [-0.15, -0.1) is 0 Å². The number of rotatable bonds is 5. The van der Waals surface area contributed by atoms with Gasteiger partial charge < -0.3 is 14.8 Å². The average molecular weight is 397 g/mol. The van der Waals surface area contributed by atoms with Crippen LogP contribution in [0.15, 0.2) is 67.0 Å². The first-order chi connectivity index (χ1) is 14.1. The van der Waals surface area contributed by atoms with E-state index < -0.39 is 12.8 Å². The van der Waals surface area contributed by atoms with E-state index in [1.54, 1.807) is 53.7 Å². The number of amides is 1. The van der Waals surface area contributed by atoms with Crippen LogP contribution in [0.5, 0.6) is 11.5 Å². The van der Waals surface area contributed by atoms with E-state index in [-0.39, 0.29) is 17.4 Å². The summed E-state index contributed by atoms with van der Waals surface area (Å²) in [6.45, 7) is -3.00. The minimum Gasteiger partial charge on any atom is -0.493 e. The Morgan fingerprint density at radius 3 is 2.55 bits per heavy atom. The molecule has 4 rings (SSSR count). The van der Waals surface area contributed by atoms with Gasteiger partial charge in [0.1, 0.15) is 6.17 Å². The second-order valence-corrected chi connectivity index (χ2v) is 6.26. The molecule has 2 aromatic carbocycles. The van der Waals surface area contributed by atoms with Crippen LogP contribution in [0.1, 0.15) is 22.1 Å². The molecule has 1 aliphatic rings. The van der Waals surface area contributed by atoms with Crippen LogP contribution in [0, 0.1) is 0 Å². The van der Waals surface area contributed by atoms with Gasteiger partial charge in [0.25, 0.3) is 5.91 Å². The third kappa shape index (κ3) is 3.56. The Morgan fingerprint density at radius 2 is 1.83 bits per heavy atom. The predicted molar refractivity (Wildman–Crippen MR) is 103 cm³/mol. The summed E-state index contributed by atoms with van der Waals surface area (Å²) in [5.41, 5.74) is 2.34. The number of nitrogens with zero attached hydrogens (tertiary/aromatic N) is 2. The van der Waals surface area contributed by atoms with E-state index in [2.05, 4.69) is 15.0 Å². The maximum Gasteiger partial charge on any atom is 0.387 e. The molecule has 0 aliphatic carbocycles. The van der Waals surface area contributed by atoms with E-state index >= 15 is 0 Å². The molecule has 0 saturated carbocycles. The quantitative estimate of drug-likeness (QED) is 0.689. The van der Waals surface area contributed by atoms with Crippen molar-refractivity contribution in [3.63, 3.8) is 0 Å². The number of hydrogen-bond donors (Lipinski definition) is 1. The number of ether oxygens (including phenoxy) is 2. The Hall–Kier alpha value is -3.68. The number of benzene rings is 2. The summed E-state index contributed by atoms with van der Waals surface area (Å²) in [5, 5.41) is 3.31. The van der Waals surface area contributed by atoms with Crippen LogP contribution in [0.4, 0.5) is 20.2 Å². The lowest BCUT2D eigenvalue weighted by Gasteiger charge is -2.38. The molecule has 6 nitrogen and oxygen atoms in total. The molecule has 2 heterocycles. The van der Waals surface area contributed by atoms with E-state index in [0.717, 1.165) is 0 Å². The number of hydrogen-bond acceptors (Lipinski definition) is 5. The number of alkyl halides is 2. The summed E-state index contributed by atoms with van der Waals surface area (Å²) in [4.78, 5) is 18.8. The van der Waals surface area contributed by atoms with Gasteiger partial charge in [-0.1, -0.05) is 18.2 Å². The lowest BCUT2D eigenvalue weighted by atomic mass is 10.0. The minimum absolute atomic E-state index is 0.109. The number of fused-ring (bicyclic) bond motifs is 1. The normalized spacial score (nSPS) is 15.7. The molecule has 1 aliphatic heterocycles. The van der Waals surface area contributed by atoms with Crippen LogP contribution in [-0.2, 0) is 0 Å². The number of pyridine rings is 1. The lowest BCUT2D eigenvalue weighted by Crippen LogP contribution is -2.43. The van der Waals surface area contributed by atoms with Crippen molar-refractivity contribution < 1.29 is 23.0 Å². The third-order valence-electron chi connectivity index (χ3n) is 4.59. The summed E-state index contributed by atoms with van der Waals surface area (Å²) < 4.78 is 35.4. The molecule has 1 atom stereocenters. The molecule has 1 aromatic heterocycles. The van der Waals surface area contributed by atoms with Gasteiger partial charge in [-0.05, 0) is 42.0 Å². The van der Waals surface area contributed by atoms with Gasteiger partial charge in [-0.3, -0.25) is 14.7 Å². The highest BCUT2D eigenvalue weighted by Crippen LogP contribution is 2.39. The van der Waals surface area contributed by atoms with Crippen LogP contribution in [0.3, 0.4) is 0 Å². The fourth-order valence-corrected chi connectivity index (χ4v) is 3.31.